The fourth-order valence-electron chi connectivity index (χ4n) is 4.01. The minimum Gasteiger partial charge on any atom is -0.490 e. The van der Waals surface area contributed by atoms with Gasteiger partial charge in [-0.05, 0) is 54.8 Å². The van der Waals surface area contributed by atoms with Gasteiger partial charge in [0.1, 0.15) is 17.7 Å². The summed E-state index contributed by atoms with van der Waals surface area (Å²) in [5, 5.41) is 3.30. The summed E-state index contributed by atoms with van der Waals surface area (Å²) < 4.78 is 6.17. The molecule has 5 rings (SSSR count). The van der Waals surface area contributed by atoms with Crippen LogP contribution in [0.3, 0.4) is 0 Å². The first kappa shape index (κ1) is 19.6. The topological polar surface area (TPSA) is 54.5 Å². The second-order valence-electron chi connectivity index (χ2n) is 8.36. The van der Waals surface area contributed by atoms with Crippen molar-refractivity contribution in [3.05, 3.63) is 72.9 Å². The number of nitrogens with one attached hydrogen (secondary N) is 1. The Morgan fingerprint density at radius 3 is 2.23 bits per heavy atom. The average molecular weight is 414 g/mol. The summed E-state index contributed by atoms with van der Waals surface area (Å²) in [6.45, 7) is 1.63. The van der Waals surface area contributed by atoms with E-state index in [0.717, 1.165) is 67.2 Å². The molecule has 2 fully saturated rings. The molecule has 0 atom stereocenters. The molecule has 0 unspecified atom stereocenters. The molecular formula is C26H27N3O2. The van der Waals surface area contributed by atoms with Crippen LogP contribution in [-0.2, 0) is 4.79 Å². The molecule has 2 aromatic carbocycles. The third-order valence-electron chi connectivity index (χ3n) is 5.98. The first-order valence-electron chi connectivity index (χ1n) is 11.1. The van der Waals surface area contributed by atoms with Gasteiger partial charge in [-0.1, -0.05) is 30.3 Å². The van der Waals surface area contributed by atoms with E-state index < -0.39 is 0 Å². The van der Waals surface area contributed by atoms with Crippen molar-refractivity contribution in [1.82, 2.24) is 9.88 Å². The van der Waals surface area contributed by atoms with Gasteiger partial charge in [0, 0.05) is 49.3 Å². The summed E-state index contributed by atoms with van der Waals surface area (Å²) in [6, 6.07) is 22.3. The van der Waals surface area contributed by atoms with E-state index in [-0.39, 0.29) is 6.10 Å². The van der Waals surface area contributed by atoms with Crippen LogP contribution in [-0.4, -0.2) is 35.0 Å². The van der Waals surface area contributed by atoms with Crippen molar-refractivity contribution in [2.24, 2.45) is 5.92 Å². The Hall–Kier alpha value is -3.34. The molecule has 1 aliphatic heterocycles. The number of likely N-dealkylation sites (tertiary alicyclic amines) is 1. The van der Waals surface area contributed by atoms with Crippen LogP contribution in [0.5, 0.6) is 5.75 Å². The number of hydrogen-bond acceptors (Lipinski definition) is 4. The number of nitrogens with zero attached hydrogens (tertiary/aromatic N) is 2. The van der Waals surface area contributed by atoms with E-state index in [2.05, 4.69) is 28.5 Å². The molecule has 1 aliphatic carbocycles. The Morgan fingerprint density at radius 2 is 1.58 bits per heavy atom. The van der Waals surface area contributed by atoms with Crippen molar-refractivity contribution in [1.29, 1.82) is 0 Å². The van der Waals surface area contributed by atoms with Crippen LogP contribution in [0.25, 0.3) is 11.1 Å². The molecule has 1 saturated heterocycles. The lowest BCUT2D eigenvalue weighted by Gasteiger charge is -2.32. The average Bonchev–Trinajstić information content (AvgIpc) is 3.67. The normalized spacial score (nSPS) is 16.7. The summed E-state index contributed by atoms with van der Waals surface area (Å²) in [5.74, 6) is 2.36. The highest BCUT2D eigenvalue weighted by atomic mass is 16.5. The number of amides is 1. The van der Waals surface area contributed by atoms with E-state index >= 15 is 0 Å². The Labute approximate surface area is 183 Å². The second kappa shape index (κ2) is 8.80. The first-order valence-corrected chi connectivity index (χ1v) is 11.1. The van der Waals surface area contributed by atoms with Gasteiger partial charge in [-0.3, -0.25) is 4.79 Å². The van der Waals surface area contributed by atoms with E-state index in [1.807, 2.05) is 59.6 Å². The summed E-state index contributed by atoms with van der Waals surface area (Å²) in [5.41, 5.74) is 3.19. The Balaban J connectivity index is 1.15. The van der Waals surface area contributed by atoms with Crippen LogP contribution >= 0.6 is 0 Å². The van der Waals surface area contributed by atoms with E-state index in [9.17, 15) is 4.79 Å². The standard InChI is InChI=1S/C26H27N3O2/c30-26(20-6-7-20)29-16-14-24(15-17-29)31-23-11-8-19(9-12-23)21-10-13-25(27-18-21)28-22-4-2-1-3-5-22/h1-5,8-13,18,20,24H,6-7,14-17H2,(H,27,28). The molecule has 1 saturated carbocycles. The van der Waals surface area contributed by atoms with Gasteiger partial charge in [-0.15, -0.1) is 0 Å². The zero-order valence-electron chi connectivity index (χ0n) is 17.5. The maximum Gasteiger partial charge on any atom is 0.225 e. The number of rotatable bonds is 6. The number of piperidine rings is 1. The zero-order chi connectivity index (χ0) is 21.0. The van der Waals surface area contributed by atoms with Gasteiger partial charge in [0.15, 0.2) is 0 Å². The van der Waals surface area contributed by atoms with Crippen molar-refractivity contribution < 1.29 is 9.53 Å². The molecule has 1 N–H and O–H groups in total. The van der Waals surface area contributed by atoms with Crippen LogP contribution in [0.15, 0.2) is 72.9 Å². The zero-order valence-corrected chi connectivity index (χ0v) is 17.5. The first-order chi connectivity index (χ1) is 15.2. The lowest BCUT2D eigenvalue weighted by atomic mass is 10.1. The molecule has 31 heavy (non-hydrogen) atoms. The molecular weight excluding hydrogens is 386 g/mol. The van der Waals surface area contributed by atoms with Gasteiger partial charge in [-0.25, -0.2) is 4.98 Å². The highest BCUT2D eigenvalue weighted by Gasteiger charge is 2.35. The molecule has 1 amide bonds. The molecule has 2 aliphatic rings. The highest BCUT2D eigenvalue weighted by Crippen LogP contribution is 2.32. The molecule has 1 aromatic heterocycles. The van der Waals surface area contributed by atoms with E-state index in [1.54, 1.807) is 0 Å². The van der Waals surface area contributed by atoms with Crippen LogP contribution < -0.4 is 10.1 Å². The van der Waals surface area contributed by atoms with Crippen molar-refractivity contribution in [3.8, 4) is 16.9 Å². The molecule has 0 spiro atoms. The second-order valence-corrected chi connectivity index (χ2v) is 8.36. The highest BCUT2D eigenvalue weighted by molar-refractivity contribution is 5.81. The van der Waals surface area contributed by atoms with Gasteiger partial charge in [0.05, 0.1) is 0 Å². The number of carbonyl (C=O) groups excluding carboxylic acids is 1. The maximum atomic E-state index is 12.2. The third-order valence-corrected chi connectivity index (χ3v) is 5.98. The number of para-hydroxylation sites is 1. The summed E-state index contributed by atoms with van der Waals surface area (Å²) in [6.07, 6.45) is 6.01. The smallest absolute Gasteiger partial charge is 0.225 e. The Kier molecular flexibility index (Phi) is 5.57. The number of pyridine rings is 1. The monoisotopic (exact) mass is 413 g/mol. The number of carbonyl (C=O) groups is 1. The lowest BCUT2D eigenvalue weighted by molar-refractivity contribution is -0.134. The maximum absolute atomic E-state index is 12.2. The largest absolute Gasteiger partial charge is 0.490 e. The molecule has 5 heteroatoms. The fourth-order valence-corrected chi connectivity index (χ4v) is 4.01. The number of aromatic nitrogens is 1. The predicted molar refractivity (Wildman–Crippen MR) is 122 cm³/mol. The minimum atomic E-state index is 0.180. The summed E-state index contributed by atoms with van der Waals surface area (Å²) >= 11 is 0. The van der Waals surface area contributed by atoms with Gasteiger partial charge in [-0.2, -0.15) is 0 Å². The number of anilines is 2. The van der Waals surface area contributed by atoms with Crippen LogP contribution in [0.4, 0.5) is 11.5 Å². The van der Waals surface area contributed by atoms with Gasteiger partial charge in [0.25, 0.3) is 0 Å². The summed E-state index contributed by atoms with van der Waals surface area (Å²) in [7, 11) is 0. The number of benzene rings is 2. The minimum absolute atomic E-state index is 0.180. The van der Waals surface area contributed by atoms with E-state index in [0.29, 0.717) is 11.8 Å². The fraction of sp³-hybridized carbons (Fsp3) is 0.308. The van der Waals surface area contributed by atoms with Crippen molar-refractivity contribution in [2.75, 3.05) is 18.4 Å². The Bertz CT molecular complexity index is 1010. The number of hydrogen-bond donors (Lipinski definition) is 1. The molecule has 2 heterocycles. The van der Waals surface area contributed by atoms with Crippen LogP contribution in [0.1, 0.15) is 25.7 Å². The van der Waals surface area contributed by atoms with Crippen molar-refractivity contribution in [3.63, 3.8) is 0 Å². The van der Waals surface area contributed by atoms with Gasteiger partial charge >= 0.3 is 0 Å². The SMILES string of the molecule is O=C(C1CC1)N1CCC(Oc2ccc(-c3ccc(Nc4ccccc4)nc3)cc2)CC1. The van der Waals surface area contributed by atoms with Gasteiger partial charge < -0.3 is 15.0 Å². The van der Waals surface area contributed by atoms with Gasteiger partial charge in [0.2, 0.25) is 5.91 Å². The molecule has 3 aromatic rings. The molecule has 0 radical (unpaired) electrons. The van der Waals surface area contributed by atoms with Crippen molar-refractivity contribution in [2.45, 2.75) is 31.8 Å². The van der Waals surface area contributed by atoms with Crippen LogP contribution in [0.2, 0.25) is 0 Å². The van der Waals surface area contributed by atoms with Crippen LogP contribution in [0, 0.1) is 5.92 Å². The molecule has 5 nitrogen and oxygen atoms in total. The molecule has 158 valence electrons. The molecule has 0 bridgehead atoms. The number of ether oxygens (including phenoxy) is 1. The Morgan fingerprint density at radius 1 is 0.871 bits per heavy atom. The van der Waals surface area contributed by atoms with Crippen molar-refractivity contribution >= 4 is 17.4 Å². The predicted octanol–water partition coefficient (Wildman–Crippen LogP) is 5.27. The third kappa shape index (κ3) is 4.88. The van der Waals surface area contributed by atoms with E-state index in [1.165, 1.54) is 0 Å². The lowest BCUT2D eigenvalue weighted by Crippen LogP contribution is -2.42. The van der Waals surface area contributed by atoms with E-state index in [4.69, 9.17) is 4.74 Å². The quantitative estimate of drug-likeness (QED) is 0.598. The summed E-state index contributed by atoms with van der Waals surface area (Å²) in [4.78, 5) is 18.7.